The molecule has 10 nitrogen and oxygen atoms in total. The van der Waals surface area contributed by atoms with E-state index in [-0.39, 0.29) is 45.3 Å². The van der Waals surface area contributed by atoms with E-state index in [1.165, 1.54) is 6.07 Å². The maximum atomic E-state index is 14.3. The normalized spacial score (nSPS) is 20.2. The molecule has 0 radical (unpaired) electrons. The molecule has 1 aliphatic carbocycles. The Morgan fingerprint density at radius 3 is 2.16 bits per heavy atom. The summed E-state index contributed by atoms with van der Waals surface area (Å²) in [6.07, 6.45) is 1.75. The zero-order valence-electron chi connectivity index (χ0n) is 20.4. The summed E-state index contributed by atoms with van der Waals surface area (Å²) in [7, 11) is 0. The summed E-state index contributed by atoms with van der Waals surface area (Å²) in [5.41, 5.74) is -2.05. The van der Waals surface area contributed by atoms with Gasteiger partial charge >= 0.3 is 0 Å². The van der Waals surface area contributed by atoms with Gasteiger partial charge in [0.2, 0.25) is 23.2 Å². The average Bonchev–Trinajstić information content (AvgIpc) is 3.27. The van der Waals surface area contributed by atoms with Crippen LogP contribution in [0.3, 0.4) is 0 Å². The standard InChI is InChI=1S/C25H27ClF2N4O6/c26-12-11-13(29-5-10-32(38)8-2-9-32)15-16(21(12)30-4-7-31-6-1-3-14(31)33)23(35)18-17(22(15)34)24(36)19(27)20(28)25(18)37/h11,14,33,38H,1-10H2,(H3-,29,30,34,35,36,37)/p+1. The Labute approximate surface area is 221 Å². The molecule has 204 valence electrons. The molecule has 0 spiro atoms. The Balaban J connectivity index is 1.55. The number of carbonyl (C=O) groups is 2. The second-order valence-corrected chi connectivity index (χ2v) is 10.3. The van der Waals surface area contributed by atoms with Crippen molar-refractivity contribution in [2.24, 2.45) is 0 Å². The van der Waals surface area contributed by atoms with E-state index in [0.717, 1.165) is 12.8 Å². The number of quaternary nitrogens is 1. The van der Waals surface area contributed by atoms with E-state index < -0.39 is 52.1 Å². The van der Waals surface area contributed by atoms with Crippen molar-refractivity contribution >= 4 is 34.5 Å². The van der Waals surface area contributed by atoms with Crippen molar-refractivity contribution in [3.63, 3.8) is 0 Å². The summed E-state index contributed by atoms with van der Waals surface area (Å²) < 4.78 is 28.4. The van der Waals surface area contributed by atoms with Crippen molar-refractivity contribution in [3.8, 4) is 11.5 Å². The Morgan fingerprint density at radius 1 is 0.974 bits per heavy atom. The number of ketones is 2. The van der Waals surface area contributed by atoms with Crippen molar-refractivity contribution in [2.45, 2.75) is 25.5 Å². The second-order valence-electron chi connectivity index (χ2n) is 9.90. The van der Waals surface area contributed by atoms with Gasteiger partial charge in [-0.15, -0.1) is 0 Å². The maximum Gasteiger partial charge on any atom is 0.205 e. The van der Waals surface area contributed by atoms with Gasteiger partial charge in [-0.3, -0.25) is 14.5 Å². The predicted molar refractivity (Wildman–Crippen MR) is 133 cm³/mol. The lowest BCUT2D eigenvalue weighted by Crippen LogP contribution is -2.57. The number of hydroxylamine groups is 3. The number of benzene rings is 2. The van der Waals surface area contributed by atoms with Gasteiger partial charge in [-0.05, 0) is 18.9 Å². The van der Waals surface area contributed by atoms with Crippen LogP contribution < -0.4 is 10.6 Å². The van der Waals surface area contributed by atoms with Gasteiger partial charge in [0.25, 0.3) is 0 Å². The van der Waals surface area contributed by atoms with E-state index >= 15 is 0 Å². The van der Waals surface area contributed by atoms with E-state index in [9.17, 15) is 38.9 Å². The fraction of sp³-hybridized carbons (Fsp3) is 0.440. The number of likely N-dealkylation sites (tertiary alicyclic amines) is 2. The maximum absolute atomic E-state index is 14.3. The van der Waals surface area contributed by atoms with Crippen LogP contribution in [0.2, 0.25) is 5.02 Å². The average molecular weight is 554 g/mol. The molecule has 1 unspecified atom stereocenters. The molecular weight excluding hydrogens is 526 g/mol. The van der Waals surface area contributed by atoms with Crippen molar-refractivity contribution in [3.05, 3.63) is 45.0 Å². The highest BCUT2D eigenvalue weighted by Crippen LogP contribution is 2.46. The van der Waals surface area contributed by atoms with Crippen LogP contribution >= 0.6 is 11.6 Å². The van der Waals surface area contributed by atoms with Gasteiger partial charge in [-0.2, -0.15) is 13.4 Å². The van der Waals surface area contributed by atoms with Gasteiger partial charge in [-0.1, -0.05) is 11.6 Å². The monoisotopic (exact) mass is 553 g/mol. The minimum absolute atomic E-state index is 0.0426. The van der Waals surface area contributed by atoms with E-state index in [4.69, 9.17) is 11.6 Å². The molecule has 0 bridgehead atoms. The third-order valence-corrected chi connectivity index (χ3v) is 7.84. The topological polar surface area (TPSA) is 142 Å². The molecule has 6 N–H and O–H groups in total. The summed E-state index contributed by atoms with van der Waals surface area (Å²) >= 11 is 6.54. The molecule has 0 amide bonds. The number of hydrogen-bond acceptors (Lipinski definition) is 9. The van der Waals surface area contributed by atoms with Crippen molar-refractivity contribution < 1.29 is 43.5 Å². The zero-order valence-corrected chi connectivity index (χ0v) is 21.1. The number of aliphatic hydroxyl groups is 1. The number of nitrogens with one attached hydrogen (secondary N) is 2. The van der Waals surface area contributed by atoms with Gasteiger partial charge in [-0.25, -0.2) is 5.21 Å². The van der Waals surface area contributed by atoms with Gasteiger partial charge in [0.05, 0.1) is 45.9 Å². The minimum Gasteiger partial charge on any atom is -0.504 e. The van der Waals surface area contributed by atoms with Crippen LogP contribution in [-0.4, -0.2) is 93.7 Å². The number of phenols is 2. The fourth-order valence-electron chi connectivity index (χ4n) is 5.32. The van der Waals surface area contributed by atoms with Crippen molar-refractivity contribution in [1.29, 1.82) is 0 Å². The van der Waals surface area contributed by atoms with E-state index in [2.05, 4.69) is 10.6 Å². The molecule has 1 atom stereocenters. The Kier molecular flexibility index (Phi) is 6.95. The lowest BCUT2D eigenvalue weighted by Gasteiger charge is -2.37. The number of rotatable bonds is 8. The van der Waals surface area contributed by atoms with Crippen LogP contribution in [0.4, 0.5) is 20.2 Å². The quantitative estimate of drug-likeness (QED) is 0.183. The van der Waals surface area contributed by atoms with Gasteiger partial charge in [0.1, 0.15) is 25.9 Å². The Bertz CT molecular complexity index is 1340. The molecule has 2 aliphatic heterocycles. The highest BCUT2D eigenvalue weighted by Gasteiger charge is 2.42. The van der Waals surface area contributed by atoms with Crippen LogP contribution in [0.25, 0.3) is 0 Å². The Hall–Kier alpha value is -3.03. The third-order valence-electron chi connectivity index (χ3n) is 7.54. The number of aliphatic hydroxyl groups excluding tert-OH is 1. The highest BCUT2D eigenvalue weighted by molar-refractivity contribution is 6.39. The van der Waals surface area contributed by atoms with Crippen LogP contribution in [0.15, 0.2) is 6.07 Å². The number of anilines is 2. The van der Waals surface area contributed by atoms with E-state index in [1.54, 1.807) is 0 Å². The summed E-state index contributed by atoms with van der Waals surface area (Å²) in [5.74, 6) is -8.49. The van der Waals surface area contributed by atoms with E-state index in [0.29, 0.717) is 39.1 Å². The summed E-state index contributed by atoms with van der Waals surface area (Å²) in [6.45, 7) is 2.97. The molecule has 3 aliphatic rings. The molecule has 0 aromatic heterocycles. The summed E-state index contributed by atoms with van der Waals surface area (Å²) in [4.78, 5) is 29.1. The molecule has 2 heterocycles. The van der Waals surface area contributed by atoms with E-state index in [1.807, 2.05) is 4.90 Å². The lowest BCUT2D eigenvalue weighted by molar-refractivity contribution is -1.13. The lowest BCUT2D eigenvalue weighted by atomic mass is 9.81. The molecule has 2 saturated heterocycles. The summed E-state index contributed by atoms with van der Waals surface area (Å²) in [5, 5.41) is 47.0. The largest absolute Gasteiger partial charge is 0.504 e. The SMILES string of the molecule is O=C1c2c(NCC[N+]3(O)CCC3)cc(Cl)c(NCCN3CCCC3O)c2C(=O)c2c(O)c(F)c(F)c(O)c21. The van der Waals surface area contributed by atoms with Gasteiger partial charge in [0.15, 0.2) is 11.5 Å². The first-order chi connectivity index (χ1) is 18.0. The van der Waals surface area contributed by atoms with Crippen molar-refractivity contribution in [2.75, 3.05) is 56.4 Å². The van der Waals surface area contributed by atoms with Crippen LogP contribution in [0.5, 0.6) is 11.5 Å². The molecule has 5 rings (SSSR count). The molecular formula is C25H28ClF2N4O6+. The minimum atomic E-state index is -1.85. The predicted octanol–water partition coefficient (Wildman–Crippen LogP) is 2.65. The number of aromatic hydroxyl groups is 2. The zero-order chi connectivity index (χ0) is 27.4. The fourth-order valence-corrected chi connectivity index (χ4v) is 5.59. The number of carbonyl (C=O) groups excluding carboxylic acids is 2. The first-order valence-corrected chi connectivity index (χ1v) is 12.8. The number of nitrogens with zero attached hydrogens (tertiary/aromatic N) is 2. The molecule has 0 saturated carbocycles. The van der Waals surface area contributed by atoms with Crippen LogP contribution in [0.1, 0.15) is 51.1 Å². The molecule has 38 heavy (non-hydrogen) atoms. The smallest absolute Gasteiger partial charge is 0.205 e. The van der Waals surface area contributed by atoms with Crippen LogP contribution in [0, 0.1) is 11.6 Å². The Morgan fingerprint density at radius 2 is 1.61 bits per heavy atom. The van der Waals surface area contributed by atoms with Gasteiger partial charge < -0.3 is 26.0 Å². The second kappa shape index (κ2) is 9.93. The third kappa shape index (κ3) is 4.35. The number of halogens is 3. The first-order valence-electron chi connectivity index (χ1n) is 12.4. The summed E-state index contributed by atoms with van der Waals surface area (Å²) in [6, 6.07) is 1.40. The number of phenolic OH excluding ortho intramolecular Hbond substituents is 2. The molecule has 13 heteroatoms. The molecule has 2 fully saturated rings. The van der Waals surface area contributed by atoms with Gasteiger partial charge in [0, 0.05) is 25.3 Å². The number of fused-ring (bicyclic) bond motifs is 2. The van der Waals surface area contributed by atoms with Crippen LogP contribution in [-0.2, 0) is 0 Å². The number of hydrogen-bond donors (Lipinski definition) is 6. The highest BCUT2D eigenvalue weighted by atomic mass is 35.5. The molecule has 2 aromatic carbocycles. The first kappa shape index (κ1) is 26.6. The molecule has 2 aromatic rings. The van der Waals surface area contributed by atoms with Crippen molar-refractivity contribution in [1.82, 2.24) is 4.90 Å².